The molecule has 0 bridgehead atoms. The van der Waals surface area contributed by atoms with E-state index in [-0.39, 0.29) is 12.6 Å². The third-order valence-electron chi connectivity index (χ3n) is 4.37. The number of aryl methyl sites for hydroxylation is 1. The molecular formula is C19H26N4O2. The van der Waals surface area contributed by atoms with Gasteiger partial charge in [-0.25, -0.2) is 4.79 Å². The lowest BCUT2D eigenvalue weighted by Crippen LogP contribution is -2.37. The monoisotopic (exact) mass is 342 g/mol. The topological polar surface area (TPSA) is 70.4 Å². The molecule has 2 amide bonds. The number of hydrogen-bond donors (Lipinski definition) is 2. The van der Waals surface area contributed by atoms with E-state index in [9.17, 15) is 4.79 Å². The standard InChI is InChI=1S/C19H26N4O2/c1-15-12-20-22(13-15)14-16-4-6-17(7-5-16)21-19(25)23(18-8-9-18)10-2-3-11-24/h4-7,12-13,18,24H,2-3,8-11,14H2,1H3,(H,21,25). The molecule has 0 unspecified atom stereocenters. The fourth-order valence-corrected chi connectivity index (χ4v) is 2.86. The zero-order valence-corrected chi connectivity index (χ0v) is 14.7. The van der Waals surface area contributed by atoms with Gasteiger partial charge in [-0.15, -0.1) is 0 Å². The molecule has 25 heavy (non-hydrogen) atoms. The SMILES string of the molecule is Cc1cnn(Cc2ccc(NC(=O)N(CCCCO)C3CC3)cc2)c1. The zero-order valence-electron chi connectivity index (χ0n) is 14.7. The van der Waals surface area contributed by atoms with Crippen molar-refractivity contribution in [3.63, 3.8) is 0 Å². The molecule has 0 radical (unpaired) electrons. The summed E-state index contributed by atoms with van der Waals surface area (Å²) in [5.74, 6) is 0. The minimum Gasteiger partial charge on any atom is -0.396 e. The number of nitrogens with one attached hydrogen (secondary N) is 1. The van der Waals surface area contributed by atoms with Crippen LogP contribution < -0.4 is 5.32 Å². The number of amides is 2. The van der Waals surface area contributed by atoms with E-state index >= 15 is 0 Å². The van der Waals surface area contributed by atoms with Crippen molar-refractivity contribution in [1.29, 1.82) is 0 Å². The number of anilines is 1. The highest BCUT2D eigenvalue weighted by Gasteiger charge is 2.32. The summed E-state index contributed by atoms with van der Waals surface area (Å²) in [4.78, 5) is 14.4. The lowest BCUT2D eigenvalue weighted by Gasteiger charge is -2.22. The smallest absolute Gasteiger partial charge is 0.322 e. The second-order valence-electron chi connectivity index (χ2n) is 6.70. The fraction of sp³-hybridized carbons (Fsp3) is 0.474. The number of rotatable bonds is 8. The molecule has 3 rings (SSSR count). The molecule has 1 aromatic heterocycles. The maximum atomic E-state index is 12.5. The van der Waals surface area contributed by atoms with Gasteiger partial charge in [-0.3, -0.25) is 4.68 Å². The van der Waals surface area contributed by atoms with Gasteiger partial charge in [0.1, 0.15) is 0 Å². The Morgan fingerprint density at radius 3 is 2.68 bits per heavy atom. The number of aliphatic hydroxyl groups excluding tert-OH is 1. The van der Waals surface area contributed by atoms with Crippen LogP contribution in [-0.4, -0.2) is 45.0 Å². The number of carbonyl (C=O) groups is 1. The van der Waals surface area contributed by atoms with Crippen LogP contribution in [0.15, 0.2) is 36.7 Å². The molecule has 6 nitrogen and oxygen atoms in total. The Morgan fingerprint density at radius 2 is 2.08 bits per heavy atom. The maximum absolute atomic E-state index is 12.5. The molecule has 1 aliphatic rings. The van der Waals surface area contributed by atoms with E-state index in [0.29, 0.717) is 12.6 Å². The van der Waals surface area contributed by atoms with E-state index in [1.165, 1.54) is 0 Å². The van der Waals surface area contributed by atoms with Crippen LogP contribution in [0.2, 0.25) is 0 Å². The van der Waals surface area contributed by atoms with Crippen molar-refractivity contribution >= 4 is 11.7 Å². The van der Waals surface area contributed by atoms with E-state index in [1.54, 1.807) is 0 Å². The van der Waals surface area contributed by atoms with Crippen LogP contribution in [0.25, 0.3) is 0 Å². The van der Waals surface area contributed by atoms with Gasteiger partial charge in [-0.2, -0.15) is 5.10 Å². The highest BCUT2D eigenvalue weighted by atomic mass is 16.3. The fourth-order valence-electron chi connectivity index (χ4n) is 2.86. The molecule has 0 aliphatic heterocycles. The number of carbonyl (C=O) groups excluding carboxylic acids is 1. The second-order valence-corrected chi connectivity index (χ2v) is 6.70. The first-order valence-corrected chi connectivity index (χ1v) is 8.92. The van der Waals surface area contributed by atoms with Crippen molar-refractivity contribution in [2.24, 2.45) is 0 Å². The summed E-state index contributed by atoms with van der Waals surface area (Å²) in [5, 5.41) is 16.2. The zero-order chi connectivity index (χ0) is 17.6. The third kappa shape index (κ3) is 5.06. The predicted molar refractivity (Wildman–Crippen MR) is 97.6 cm³/mol. The Hall–Kier alpha value is -2.34. The summed E-state index contributed by atoms with van der Waals surface area (Å²) in [7, 11) is 0. The van der Waals surface area contributed by atoms with Gasteiger partial charge in [0, 0.05) is 31.1 Å². The van der Waals surface area contributed by atoms with E-state index in [2.05, 4.69) is 10.4 Å². The van der Waals surface area contributed by atoms with Crippen LogP contribution in [0.3, 0.4) is 0 Å². The van der Waals surface area contributed by atoms with Gasteiger partial charge in [0.15, 0.2) is 0 Å². The predicted octanol–water partition coefficient (Wildman–Crippen LogP) is 3.01. The molecule has 1 aliphatic carbocycles. The first kappa shape index (κ1) is 17.5. The van der Waals surface area contributed by atoms with Crippen LogP contribution in [0.1, 0.15) is 36.8 Å². The maximum Gasteiger partial charge on any atom is 0.322 e. The summed E-state index contributed by atoms with van der Waals surface area (Å²) < 4.78 is 1.90. The number of unbranched alkanes of at least 4 members (excludes halogenated alkanes) is 1. The average molecular weight is 342 g/mol. The molecule has 1 aromatic carbocycles. The van der Waals surface area contributed by atoms with Crippen LogP contribution in [-0.2, 0) is 6.54 Å². The molecule has 1 heterocycles. The Kier molecular flexibility index (Phi) is 5.71. The first-order chi connectivity index (χ1) is 12.2. The number of aromatic nitrogens is 2. The summed E-state index contributed by atoms with van der Waals surface area (Å²) in [6.45, 7) is 3.62. The molecule has 0 saturated heterocycles. The Labute approximate surface area is 148 Å². The molecule has 0 spiro atoms. The lowest BCUT2D eigenvalue weighted by atomic mass is 10.2. The highest BCUT2D eigenvalue weighted by Crippen LogP contribution is 2.27. The molecule has 6 heteroatoms. The summed E-state index contributed by atoms with van der Waals surface area (Å²) in [6, 6.07) is 8.21. The quantitative estimate of drug-likeness (QED) is 0.725. The molecule has 1 fully saturated rings. The van der Waals surface area contributed by atoms with Crippen molar-refractivity contribution in [1.82, 2.24) is 14.7 Å². The van der Waals surface area contributed by atoms with Crippen LogP contribution in [0.5, 0.6) is 0 Å². The molecule has 2 aromatic rings. The van der Waals surface area contributed by atoms with Crippen molar-refractivity contribution < 1.29 is 9.90 Å². The number of nitrogens with zero attached hydrogens (tertiary/aromatic N) is 3. The number of aliphatic hydroxyl groups is 1. The van der Waals surface area contributed by atoms with E-state index in [4.69, 9.17) is 5.11 Å². The van der Waals surface area contributed by atoms with Crippen molar-refractivity contribution in [3.8, 4) is 0 Å². The van der Waals surface area contributed by atoms with Gasteiger partial charge in [0.05, 0.1) is 12.7 Å². The minimum absolute atomic E-state index is 0.0455. The van der Waals surface area contributed by atoms with Crippen molar-refractivity contribution in [3.05, 3.63) is 47.8 Å². The Balaban J connectivity index is 1.55. The van der Waals surface area contributed by atoms with Crippen molar-refractivity contribution in [2.75, 3.05) is 18.5 Å². The molecule has 0 atom stereocenters. The summed E-state index contributed by atoms with van der Waals surface area (Å²) >= 11 is 0. The second kappa shape index (κ2) is 8.16. The largest absolute Gasteiger partial charge is 0.396 e. The molecule has 134 valence electrons. The number of hydrogen-bond acceptors (Lipinski definition) is 3. The summed E-state index contributed by atoms with van der Waals surface area (Å²) in [6.07, 6.45) is 7.58. The summed E-state index contributed by atoms with van der Waals surface area (Å²) in [5.41, 5.74) is 3.09. The van der Waals surface area contributed by atoms with Gasteiger partial charge < -0.3 is 15.3 Å². The van der Waals surface area contributed by atoms with Gasteiger partial charge in [-0.05, 0) is 55.9 Å². The van der Waals surface area contributed by atoms with E-state index in [1.807, 2.05) is 53.2 Å². The normalized spacial score (nSPS) is 13.7. The lowest BCUT2D eigenvalue weighted by molar-refractivity contribution is 0.204. The molecular weight excluding hydrogens is 316 g/mol. The van der Waals surface area contributed by atoms with Gasteiger partial charge in [0.25, 0.3) is 0 Å². The molecule has 1 saturated carbocycles. The van der Waals surface area contributed by atoms with E-state index in [0.717, 1.165) is 49.0 Å². The Bertz CT molecular complexity index is 692. The van der Waals surface area contributed by atoms with E-state index < -0.39 is 0 Å². The van der Waals surface area contributed by atoms with Gasteiger partial charge >= 0.3 is 6.03 Å². The van der Waals surface area contributed by atoms with Gasteiger partial charge in [0.2, 0.25) is 0 Å². The number of benzene rings is 1. The Morgan fingerprint density at radius 1 is 1.32 bits per heavy atom. The van der Waals surface area contributed by atoms with Crippen LogP contribution >= 0.6 is 0 Å². The van der Waals surface area contributed by atoms with Crippen molar-refractivity contribution in [2.45, 2.75) is 45.2 Å². The third-order valence-corrected chi connectivity index (χ3v) is 4.37. The van der Waals surface area contributed by atoms with Gasteiger partial charge in [-0.1, -0.05) is 12.1 Å². The van der Waals surface area contributed by atoms with Crippen LogP contribution in [0.4, 0.5) is 10.5 Å². The average Bonchev–Trinajstić information content (AvgIpc) is 3.35. The number of urea groups is 1. The minimum atomic E-state index is -0.0455. The molecule has 2 N–H and O–H groups in total. The first-order valence-electron chi connectivity index (χ1n) is 8.92. The van der Waals surface area contributed by atoms with Crippen LogP contribution in [0, 0.1) is 6.92 Å². The highest BCUT2D eigenvalue weighted by molar-refractivity contribution is 5.89.